The summed E-state index contributed by atoms with van der Waals surface area (Å²) in [5.41, 5.74) is 0. The SMILES string of the molecule is CCNC(=O)[C@@H](C)[NH+]1CCN(S(=O)(=O)c2ccc(OCC)cc2)CC1. The summed E-state index contributed by atoms with van der Waals surface area (Å²) in [5.74, 6) is 0.673. The number of nitrogens with one attached hydrogen (secondary N) is 2. The predicted molar refractivity (Wildman–Crippen MR) is 95.2 cm³/mol. The van der Waals surface area contributed by atoms with Crippen molar-refractivity contribution in [2.75, 3.05) is 39.3 Å². The fourth-order valence-electron chi connectivity index (χ4n) is 2.98. The summed E-state index contributed by atoms with van der Waals surface area (Å²) in [6.07, 6.45) is 0. The smallest absolute Gasteiger partial charge is 0.278 e. The normalized spacial score (nSPS) is 17.9. The van der Waals surface area contributed by atoms with Gasteiger partial charge in [0.15, 0.2) is 6.04 Å². The van der Waals surface area contributed by atoms with Crippen LogP contribution in [-0.2, 0) is 14.8 Å². The molecule has 7 nitrogen and oxygen atoms in total. The van der Waals surface area contributed by atoms with Crippen LogP contribution in [0.2, 0.25) is 0 Å². The lowest BCUT2D eigenvalue weighted by Gasteiger charge is -2.34. The van der Waals surface area contributed by atoms with Gasteiger partial charge in [0.2, 0.25) is 10.0 Å². The van der Waals surface area contributed by atoms with Crippen molar-refractivity contribution in [1.82, 2.24) is 9.62 Å². The highest BCUT2D eigenvalue weighted by Crippen LogP contribution is 2.19. The lowest BCUT2D eigenvalue weighted by molar-refractivity contribution is -0.917. The van der Waals surface area contributed by atoms with E-state index in [1.165, 1.54) is 4.31 Å². The van der Waals surface area contributed by atoms with Crippen molar-refractivity contribution < 1.29 is 22.8 Å². The van der Waals surface area contributed by atoms with Crippen LogP contribution < -0.4 is 15.0 Å². The van der Waals surface area contributed by atoms with Gasteiger partial charge in [-0.25, -0.2) is 8.42 Å². The highest BCUT2D eigenvalue weighted by Gasteiger charge is 2.34. The van der Waals surface area contributed by atoms with Gasteiger partial charge in [0.05, 0.1) is 37.7 Å². The Morgan fingerprint density at radius 1 is 1.24 bits per heavy atom. The van der Waals surface area contributed by atoms with Crippen LogP contribution in [0, 0.1) is 0 Å². The Bertz CT molecular complexity index is 668. The first-order valence-corrected chi connectivity index (χ1v) is 10.2. The summed E-state index contributed by atoms with van der Waals surface area (Å²) in [4.78, 5) is 13.3. The second-order valence-electron chi connectivity index (χ2n) is 6.08. The maximum absolute atomic E-state index is 12.8. The van der Waals surface area contributed by atoms with Gasteiger partial charge in [-0.1, -0.05) is 0 Å². The van der Waals surface area contributed by atoms with E-state index >= 15 is 0 Å². The number of likely N-dealkylation sites (N-methyl/N-ethyl adjacent to an activating group) is 1. The molecule has 0 spiro atoms. The zero-order valence-electron chi connectivity index (χ0n) is 15.1. The highest BCUT2D eigenvalue weighted by molar-refractivity contribution is 7.89. The van der Waals surface area contributed by atoms with Crippen LogP contribution in [0.25, 0.3) is 0 Å². The largest absolute Gasteiger partial charge is 0.494 e. The quantitative estimate of drug-likeness (QED) is 0.678. The zero-order valence-corrected chi connectivity index (χ0v) is 15.9. The molecule has 0 aromatic heterocycles. The molecule has 1 saturated heterocycles. The minimum absolute atomic E-state index is 0.0142. The number of sulfonamides is 1. The fraction of sp³-hybridized carbons (Fsp3) is 0.588. The van der Waals surface area contributed by atoms with E-state index in [9.17, 15) is 13.2 Å². The molecule has 25 heavy (non-hydrogen) atoms. The fourth-order valence-corrected chi connectivity index (χ4v) is 4.42. The third-order valence-electron chi connectivity index (χ3n) is 4.49. The molecule has 1 aliphatic heterocycles. The van der Waals surface area contributed by atoms with Crippen molar-refractivity contribution in [3.05, 3.63) is 24.3 Å². The van der Waals surface area contributed by atoms with E-state index < -0.39 is 10.0 Å². The van der Waals surface area contributed by atoms with Gasteiger partial charge < -0.3 is 15.0 Å². The number of carbonyl (C=O) groups excluding carboxylic acids is 1. The first-order valence-electron chi connectivity index (χ1n) is 8.75. The minimum atomic E-state index is -3.51. The van der Waals surface area contributed by atoms with Gasteiger partial charge in [0, 0.05) is 6.54 Å². The Morgan fingerprint density at radius 3 is 2.36 bits per heavy atom. The van der Waals surface area contributed by atoms with E-state index in [1.54, 1.807) is 24.3 Å². The number of quaternary nitrogens is 1. The van der Waals surface area contributed by atoms with Crippen molar-refractivity contribution in [2.45, 2.75) is 31.7 Å². The van der Waals surface area contributed by atoms with Crippen molar-refractivity contribution in [1.29, 1.82) is 0 Å². The summed E-state index contributed by atoms with van der Waals surface area (Å²) >= 11 is 0. The predicted octanol–water partition coefficient (Wildman–Crippen LogP) is -0.501. The number of nitrogens with zero attached hydrogens (tertiary/aromatic N) is 1. The van der Waals surface area contributed by atoms with E-state index in [-0.39, 0.29) is 16.8 Å². The maximum Gasteiger partial charge on any atom is 0.278 e. The molecular formula is C17H28N3O4S+. The van der Waals surface area contributed by atoms with E-state index in [2.05, 4.69) is 5.32 Å². The Hall–Kier alpha value is -1.64. The maximum atomic E-state index is 12.8. The lowest BCUT2D eigenvalue weighted by atomic mass is 10.2. The first-order chi connectivity index (χ1) is 11.9. The number of carbonyl (C=O) groups is 1. The molecule has 8 heteroatoms. The van der Waals surface area contributed by atoms with E-state index in [4.69, 9.17) is 4.74 Å². The van der Waals surface area contributed by atoms with Gasteiger partial charge in [-0.2, -0.15) is 4.31 Å². The Kier molecular flexibility index (Phi) is 6.80. The van der Waals surface area contributed by atoms with E-state index in [0.717, 1.165) is 4.90 Å². The van der Waals surface area contributed by atoms with Crippen LogP contribution in [0.15, 0.2) is 29.2 Å². The number of rotatable bonds is 7. The molecule has 1 fully saturated rings. The van der Waals surface area contributed by atoms with Gasteiger partial charge in [-0.05, 0) is 45.0 Å². The van der Waals surface area contributed by atoms with Gasteiger partial charge in [-0.15, -0.1) is 0 Å². The standard InChI is InChI=1S/C17H27N3O4S/c1-4-18-17(21)14(3)19-10-12-20(13-11-19)25(22,23)16-8-6-15(7-9-16)24-5-2/h6-9,14H,4-5,10-13H2,1-3H3,(H,18,21)/p+1/t14-/m1/s1. The Morgan fingerprint density at radius 2 is 1.84 bits per heavy atom. The van der Waals surface area contributed by atoms with E-state index in [0.29, 0.717) is 45.1 Å². The average molecular weight is 370 g/mol. The van der Waals surface area contributed by atoms with Gasteiger partial charge in [-0.3, -0.25) is 4.79 Å². The molecule has 0 aliphatic carbocycles. The average Bonchev–Trinajstić information content (AvgIpc) is 2.62. The number of hydrogen-bond acceptors (Lipinski definition) is 4. The lowest BCUT2D eigenvalue weighted by Crippen LogP contribution is -3.19. The first kappa shape index (κ1) is 19.7. The van der Waals surface area contributed by atoms with E-state index in [1.807, 2.05) is 20.8 Å². The summed E-state index contributed by atoms with van der Waals surface area (Å²) in [6, 6.07) is 6.34. The van der Waals surface area contributed by atoms with Gasteiger partial charge in [0.1, 0.15) is 5.75 Å². The Balaban J connectivity index is 2.00. The Labute approximate surface area is 150 Å². The molecule has 1 aliphatic rings. The molecule has 1 heterocycles. The number of benzene rings is 1. The summed E-state index contributed by atoms with van der Waals surface area (Å²) < 4.78 is 32.4. The van der Waals surface area contributed by atoms with Crippen molar-refractivity contribution in [3.8, 4) is 5.75 Å². The molecule has 140 valence electrons. The minimum Gasteiger partial charge on any atom is -0.494 e. The van der Waals surface area contributed by atoms with Crippen LogP contribution >= 0.6 is 0 Å². The monoisotopic (exact) mass is 370 g/mol. The molecule has 0 saturated carbocycles. The van der Waals surface area contributed by atoms with Gasteiger partial charge >= 0.3 is 0 Å². The number of amides is 1. The molecule has 2 N–H and O–H groups in total. The summed E-state index contributed by atoms with van der Waals surface area (Å²) in [7, 11) is -3.51. The van der Waals surface area contributed by atoms with Crippen LogP contribution in [0.1, 0.15) is 20.8 Å². The second-order valence-corrected chi connectivity index (χ2v) is 8.02. The number of ether oxygens (including phenoxy) is 1. The van der Waals surface area contributed by atoms with Gasteiger partial charge in [0.25, 0.3) is 5.91 Å². The molecule has 1 aromatic rings. The zero-order chi connectivity index (χ0) is 18.4. The van der Waals surface area contributed by atoms with Crippen molar-refractivity contribution in [3.63, 3.8) is 0 Å². The van der Waals surface area contributed by atoms with Crippen LogP contribution in [0.4, 0.5) is 0 Å². The molecule has 1 aromatic carbocycles. The van der Waals surface area contributed by atoms with Crippen molar-refractivity contribution in [2.24, 2.45) is 0 Å². The molecule has 0 radical (unpaired) electrons. The summed E-state index contributed by atoms with van der Waals surface area (Å²) in [6.45, 7) is 8.87. The summed E-state index contributed by atoms with van der Waals surface area (Å²) in [5, 5.41) is 2.82. The highest BCUT2D eigenvalue weighted by atomic mass is 32.2. The van der Waals surface area contributed by atoms with Crippen LogP contribution in [-0.4, -0.2) is 64.0 Å². The molecular weight excluding hydrogens is 342 g/mol. The number of piperazine rings is 1. The molecule has 1 atom stereocenters. The molecule has 1 amide bonds. The third-order valence-corrected chi connectivity index (χ3v) is 6.41. The molecule has 0 unspecified atom stereocenters. The molecule has 2 rings (SSSR count). The second kappa shape index (κ2) is 8.64. The van der Waals surface area contributed by atoms with Crippen LogP contribution in [0.5, 0.6) is 5.75 Å². The third kappa shape index (κ3) is 4.71. The number of hydrogen-bond donors (Lipinski definition) is 2. The van der Waals surface area contributed by atoms with Crippen LogP contribution in [0.3, 0.4) is 0 Å². The topological polar surface area (TPSA) is 80.2 Å². The van der Waals surface area contributed by atoms with Crippen molar-refractivity contribution >= 4 is 15.9 Å². The molecule has 0 bridgehead atoms.